The van der Waals surface area contributed by atoms with Crippen LogP contribution in [0.15, 0.2) is 24.3 Å². The minimum Gasteiger partial charge on any atom is -0.390 e. The summed E-state index contributed by atoms with van der Waals surface area (Å²) < 4.78 is 0. The summed E-state index contributed by atoms with van der Waals surface area (Å²) in [5, 5.41) is 21.0. The largest absolute Gasteiger partial charge is 0.390 e. The fourth-order valence-corrected chi connectivity index (χ4v) is 1.82. The minimum absolute atomic E-state index is 0.133. The van der Waals surface area contributed by atoms with Gasteiger partial charge in [0, 0.05) is 11.6 Å². The van der Waals surface area contributed by atoms with Crippen molar-refractivity contribution in [3.8, 4) is 5.69 Å². The third-order valence-corrected chi connectivity index (χ3v) is 3.03. The van der Waals surface area contributed by atoms with Crippen LogP contribution in [-0.2, 0) is 6.61 Å². The zero-order valence-corrected chi connectivity index (χ0v) is 12.6. The van der Waals surface area contributed by atoms with E-state index in [1.807, 2.05) is 13.8 Å². The van der Waals surface area contributed by atoms with Crippen LogP contribution < -0.4 is 5.32 Å². The first kappa shape index (κ1) is 15.5. The lowest BCUT2D eigenvalue weighted by Crippen LogP contribution is -2.28. The highest BCUT2D eigenvalue weighted by molar-refractivity contribution is 6.30. The Morgan fingerprint density at radius 2 is 2.00 bits per heavy atom. The minimum atomic E-state index is -0.349. The van der Waals surface area contributed by atoms with Crippen LogP contribution in [0, 0.1) is 5.92 Å². The number of hydrogen-bond acceptors (Lipinski definition) is 4. The summed E-state index contributed by atoms with van der Waals surface area (Å²) in [5.41, 5.74) is 1.04. The maximum absolute atomic E-state index is 12.1. The van der Waals surface area contributed by atoms with Crippen LogP contribution in [-0.4, -0.2) is 32.6 Å². The third-order valence-electron chi connectivity index (χ3n) is 2.78. The Morgan fingerprint density at radius 1 is 1.33 bits per heavy atom. The van der Waals surface area contributed by atoms with Crippen molar-refractivity contribution in [2.45, 2.75) is 20.5 Å². The van der Waals surface area contributed by atoms with Gasteiger partial charge in [0.15, 0.2) is 5.69 Å². The van der Waals surface area contributed by atoms with E-state index in [0.717, 1.165) is 0 Å². The molecule has 0 fully saturated rings. The van der Waals surface area contributed by atoms with Crippen molar-refractivity contribution in [1.82, 2.24) is 20.3 Å². The second kappa shape index (κ2) is 6.69. The smallest absolute Gasteiger partial charge is 0.273 e. The van der Waals surface area contributed by atoms with Gasteiger partial charge in [0.2, 0.25) is 0 Å². The van der Waals surface area contributed by atoms with Gasteiger partial charge in [-0.2, -0.15) is 4.80 Å². The van der Waals surface area contributed by atoms with Crippen molar-refractivity contribution in [3.63, 3.8) is 0 Å². The molecule has 0 saturated carbocycles. The van der Waals surface area contributed by atoms with Gasteiger partial charge in [-0.05, 0) is 30.2 Å². The molecule has 0 atom stereocenters. The number of halogens is 1. The quantitative estimate of drug-likeness (QED) is 0.882. The van der Waals surface area contributed by atoms with E-state index < -0.39 is 0 Å². The number of carbonyl (C=O) groups excluding carboxylic acids is 1. The van der Waals surface area contributed by atoms with E-state index >= 15 is 0 Å². The predicted molar refractivity (Wildman–Crippen MR) is 79.5 cm³/mol. The van der Waals surface area contributed by atoms with Gasteiger partial charge in [-0.25, -0.2) is 0 Å². The van der Waals surface area contributed by atoms with Crippen LogP contribution >= 0.6 is 11.6 Å². The lowest BCUT2D eigenvalue weighted by Gasteiger charge is -2.05. The van der Waals surface area contributed by atoms with Gasteiger partial charge < -0.3 is 10.4 Å². The van der Waals surface area contributed by atoms with E-state index in [-0.39, 0.29) is 23.9 Å². The van der Waals surface area contributed by atoms with Crippen LogP contribution in [0.25, 0.3) is 5.69 Å². The molecule has 0 aliphatic heterocycles. The summed E-state index contributed by atoms with van der Waals surface area (Å²) in [6.45, 7) is 4.19. The second-order valence-corrected chi connectivity index (χ2v) is 5.46. The molecular formula is C14H17ClN4O2. The van der Waals surface area contributed by atoms with Crippen molar-refractivity contribution >= 4 is 17.5 Å². The van der Waals surface area contributed by atoms with Crippen molar-refractivity contribution in [3.05, 3.63) is 40.7 Å². The lowest BCUT2D eigenvalue weighted by atomic mass is 10.2. The highest BCUT2D eigenvalue weighted by atomic mass is 35.5. The van der Waals surface area contributed by atoms with Crippen molar-refractivity contribution in [2.24, 2.45) is 5.92 Å². The maximum atomic E-state index is 12.1. The van der Waals surface area contributed by atoms with E-state index in [1.165, 1.54) is 4.80 Å². The summed E-state index contributed by atoms with van der Waals surface area (Å²) in [6, 6.07) is 6.88. The number of aromatic nitrogens is 3. The highest BCUT2D eigenvalue weighted by Crippen LogP contribution is 2.13. The van der Waals surface area contributed by atoms with E-state index in [9.17, 15) is 9.90 Å². The Kier molecular flexibility index (Phi) is 4.93. The average Bonchev–Trinajstić information content (AvgIpc) is 2.89. The first-order valence-corrected chi connectivity index (χ1v) is 7.00. The van der Waals surface area contributed by atoms with Crippen molar-refractivity contribution < 1.29 is 9.90 Å². The number of aliphatic hydroxyl groups excluding tert-OH is 1. The molecule has 0 aliphatic rings. The summed E-state index contributed by atoms with van der Waals surface area (Å²) in [4.78, 5) is 13.4. The number of hydrogen-bond donors (Lipinski definition) is 2. The zero-order valence-electron chi connectivity index (χ0n) is 11.9. The fourth-order valence-electron chi connectivity index (χ4n) is 1.69. The first-order chi connectivity index (χ1) is 10.0. The van der Waals surface area contributed by atoms with Crippen LogP contribution in [0.3, 0.4) is 0 Å². The average molecular weight is 309 g/mol. The van der Waals surface area contributed by atoms with Gasteiger partial charge in [0.25, 0.3) is 5.91 Å². The summed E-state index contributed by atoms with van der Waals surface area (Å²) in [7, 11) is 0. The number of rotatable bonds is 5. The van der Waals surface area contributed by atoms with E-state index in [0.29, 0.717) is 23.2 Å². The molecule has 0 bridgehead atoms. The molecule has 21 heavy (non-hydrogen) atoms. The number of benzene rings is 1. The predicted octanol–water partition coefficient (Wildman–Crippen LogP) is 1.80. The molecular weight excluding hydrogens is 292 g/mol. The van der Waals surface area contributed by atoms with Crippen LogP contribution in [0.2, 0.25) is 5.02 Å². The standard InChI is InChI=1S/C14H17ClN4O2/c1-9(2)7-16-14(21)13-12(8-20)17-19(18-13)11-5-3-10(15)4-6-11/h3-6,9,20H,7-8H2,1-2H3,(H,16,21). The Hall–Kier alpha value is -1.92. The first-order valence-electron chi connectivity index (χ1n) is 6.62. The van der Waals surface area contributed by atoms with Gasteiger partial charge in [-0.1, -0.05) is 25.4 Å². The second-order valence-electron chi connectivity index (χ2n) is 5.02. The molecule has 1 aromatic carbocycles. The Balaban J connectivity index is 2.26. The highest BCUT2D eigenvalue weighted by Gasteiger charge is 2.18. The molecule has 1 heterocycles. The fraction of sp³-hybridized carbons (Fsp3) is 0.357. The van der Waals surface area contributed by atoms with Gasteiger partial charge >= 0.3 is 0 Å². The zero-order chi connectivity index (χ0) is 15.4. The van der Waals surface area contributed by atoms with E-state index in [1.54, 1.807) is 24.3 Å². The molecule has 2 rings (SSSR count). The molecule has 0 saturated heterocycles. The normalized spacial score (nSPS) is 10.9. The SMILES string of the molecule is CC(C)CNC(=O)c1nn(-c2ccc(Cl)cc2)nc1CO. The van der Waals surface area contributed by atoms with Gasteiger partial charge in [0.05, 0.1) is 12.3 Å². The molecule has 2 aromatic rings. The number of nitrogens with one attached hydrogen (secondary N) is 1. The molecule has 6 nitrogen and oxygen atoms in total. The van der Waals surface area contributed by atoms with E-state index in [2.05, 4.69) is 15.5 Å². The summed E-state index contributed by atoms with van der Waals surface area (Å²) in [6.07, 6.45) is 0. The Bertz CT molecular complexity index is 622. The van der Waals surface area contributed by atoms with Gasteiger partial charge in [0.1, 0.15) is 5.69 Å². The summed E-state index contributed by atoms with van der Waals surface area (Å²) >= 11 is 5.83. The third kappa shape index (κ3) is 3.80. The molecule has 1 amide bonds. The topological polar surface area (TPSA) is 80.0 Å². The molecule has 0 unspecified atom stereocenters. The molecule has 112 valence electrons. The Morgan fingerprint density at radius 3 is 2.57 bits per heavy atom. The summed E-state index contributed by atoms with van der Waals surface area (Å²) in [5.74, 6) is -0.00852. The number of amides is 1. The van der Waals surface area contributed by atoms with E-state index in [4.69, 9.17) is 11.6 Å². The molecule has 0 spiro atoms. The Labute approximate surface area is 127 Å². The molecule has 1 aromatic heterocycles. The molecule has 0 aliphatic carbocycles. The number of carbonyl (C=O) groups is 1. The van der Waals surface area contributed by atoms with Crippen LogP contribution in [0.4, 0.5) is 0 Å². The van der Waals surface area contributed by atoms with Crippen LogP contribution in [0.1, 0.15) is 30.0 Å². The lowest BCUT2D eigenvalue weighted by molar-refractivity contribution is 0.0940. The van der Waals surface area contributed by atoms with Crippen molar-refractivity contribution in [2.75, 3.05) is 6.54 Å². The molecule has 2 N–H and O–H groups in total. The monoisotopic (exact) mass is 308 g/mol. The van der Waals surface area contributed by atoms with Crippen molar-refractivity contribution in [1.29, 1.82) is 0 Å². The van der Waals surface area contributed by atoms with Crippen LogP contribution in [0.5, 0.6) is 0 Å². The number of aliphatic hydroxyl groups is 1. The molecule has 7 heteroatoms. The van der Waals surface area contributed by atoms with Gasteiger partial charge in [-0.3, -0.25) is 4.79 Å². The number of nitrogens with zero attached hydrogens (tertiary/aromatic N) is 3. The maximum Gasteiger partial charge on any atom is 0.273 e. The molecule has 0 radical (unpaired) electrons. The van der Waals surface area contributed by atoms with Gasteiger partial charge in [-0.15, -0.1) is 10.2 Å².